The average molecular weight is 311 g/mol. The van der Waals surface area contributed by atoms with Gasteiger partial charge in [0.1, 0.15) is 0 Å². The van der Waals surface area contributed by atoms with E-state index in [0.717, 1.165) is 18.7 Å². The van der Waals surface area contributed by atoms with Gasteiger partial charge in [0.2, 0.25) is 11.8 Å². The number of hydrogen-bond donors (Lipinski definition) is 0. The van der Waals surface area contributed by atoms with E-state index in [4.69, 9.17) is 4.42 Å². The van der Waals surface area contributed by atoms with Gasteiger partial charge in [-0.25, -0.2) is 0 Å². The lowest BCUT2D eigenvalue weighted by Gasteiger charge is -2.21. The van der Waals surface area contributed by atoms with Gasteiger partial charge in [0.25, 0.3) is 0 Å². The molecule has 3 heterocycles. The Kier molecular flexibility index (Phi) is 3.74. The highest BCUT2D eigenvalue weighted by molar-refractivity contribution is 7.10. The third-order valence-electron chi connectivity index (χ3n) is 4.06. The smallest absolute Gasteiger partial charge is 0.247 e. The Morgan fingerprint density at radius 1 is 1.14 bits per heavy atom. The summed E-state index contributed by atoms with van der Waals surface area (Å²) in [5.74, 6) is 1.30. The zero-order chi connectivity index (χ0) is 14.8. The molecule has 1 aliphatic heterocycles. The molecule has 0 saturated carbocycles. The van der Waals surface area contributed by atoms with Crippen LogP contribution in [0.5, 0.6) is 0 Å². The summed E-state index contributed by atoms with van der Waals surface area (Å²) in [7, 11) is 0. The Balaban J connectivity index is 1.51. The lowest BCUT2D eigenvalue weighted by Crippen LogP contribution is -2.22. The maximum absolute atomic E-state index is 5.84. The van der Waals surface area contributed by atoms with Crippen LogP contribution < -0.4 is 0 Å². The van der Waals surface area contributed by atoms with E-state index in [1.54, 1.807) is 0 Å². The fourth-order valence-corrected chi connectivity index (χ4v) is 3.90. The van der Waals surface area contributed by atoms with E-state index in [2.05, 4.69) is 32.6 Å². The summed E-state index contributed by atoms with van der Waals surface area (Å²) in [4.78, 5) is 3.87. The number of aromatic nitrogens is 2. The molecule has 22 heavy (non-hydrogen) atoms. The zero-order valence-electron chi connectivity index (χ0n) is 12.2. The van der Waals surface area contributed by atoms with Crippen molar-refractivity contribution in [3.8, 4) is 11.5 Å². The van der Waals surface area contributed by atoms with Crippen molar-refractivity contribution in [1.82, 2.24) is 15.1 Å². The Morgan fingerprint density at radius 3 is 2.86 bits per heavy atom. The van der Waals surface area contributed by atoms with Crippen molar-refractivity contribution < 1.29 is 4.42 Å². The van der Waals surface area contributed by atoms with Crippen LogP contribution in [0.2, 0.25) is 0 Å². The number of hydrogen-bond acceptors (Lipinski definition) is 5. The molecule has 2 aromatic heterocycles. The minimum absolute atomic E-state index is 0.493. The van der Waals surface area contributed by atoms with Gasteiger partial charge >= 0.3 is 0 Å². The van der Waals surface area contributed by atoms with Gasteiger partial charge in [-0.1, -0.05) is 24.3 Å². The van der Waals surface area contributed by atoms with Crippen molar-refractivity contribution in [2.75, 3.05) is 6.54 Å². The van der Waals surface area contributed by atoms with E-state index >= 15 is 0 Å². The Morgan fingerprint density at radius 2 is 2.05 bits per heavy atom. The monoisotopic (exact) mass is 311 g/mol. The quantitative estimate of drug-likeness (QED) is 0.726. The average Bonchev–Trinajstić information content (AvgIpc) is 3.30. The van der Waals surface area contributed by atoms with Crippen molar-refractivity contribution in [2.24, 2.45) is 0 Å². The fourth-order valence-electron chi connectivity index (χ4n) is 3.01. The summed E-state index contributed by atoms with van der Waals surface area (Å²) in [5, 5.41) is 10.5. The van der Waals surface area contributed by atoms with Crippen LogP contribution in [0.1, 0.15) is 29.7 Å². The highest BCUT2D eigenvalue weighted by Gasteiger charge is 2.28. The normalized spacial score (nSPS) is 18.8. The van der Waals surface area contributed by atoms with E-state index in [1.165, 1.54) is 17.7 Å². The second kappa shape index (κ2) is 6.02. The fraction of sp³-hybridized carbons (Fsp3) is 0.294. The van der Waals surface area contributed by atoms with Crippen LogP contribution in [0.4, 0.5) is 0 Å². The highest BCUT2D eigenvalue weighted by atomic mass is 32.1. The third kappa shape index (κ3) is 2.69. The van der Waals surface area contributed by atoms with Crippen LogP contribution >= 0.6 is 11.3 Å². The first-order valence-electron chi connectivity index (χ1n) is 7.55. The van der Waals surface area contributed by atoms with Crippen LogP contribution in [0.15, 0.2) is 52.3 Å². The lowest BCUT2D eigenvalue weighted by molar-refractivity contribution is 0.227. The first-order valence-corrected chi connectivity index (χ1v) is 8.43. The molecular weight excluding hydrogens is 294 g/mol. The summed E-state index contributed by atoms with van der Waals surface area (Å²) in [6.45, 7) is 1.81. The van der Waals surface area contributed by atoms with Gasteiger partial charge in [-0.2, -0.15) is 0 Å². The molecule has 1 saturated heterocycles. The maximum Gasteiger partial charge on any atom is 0.247 e. The summed E-state index contributed by atoms with van der Waals surface area (Å²) in [6, 6.07) is 14.7. The molecule has 1 aliphatic rings. The Hall–Kier alpha value is -1.98. The molecule has 0 bridgehead atoms. The molecule has 1 unspecified atom stereocenters. The molecule has 0 radical (unpaired) electrons. The number of likely N-dealkylation sites (tertiary alicyclic amines) is 1. The maximum atomic E-state index is 5.84. The molecule has 1 fully saturated rings. The van der Waals surface area contributed by atoms with Gasteiger partial charge in [0.15, 0.2) is 0 Å². The van der Waals surface area contributed by atoms with Gasteiger partial charge in [-0.15, -0.1) is 21.5 Å². The third-order valence-corrected chi connectivity index (χ3v) is 5.03. The molecule has 0 spiro atoms. The number of rotatable bonds is 4. The van der Waals surface area contributed by atoms with Crippen molar-refractivity contribution in [1.29, 1.82) is 0 Å². The Bertz CT molecular complexity index is 723. The second-order valence-corrected chi connectivity index (χ2v) is 6.49. The zero-order valence-corrected chi connectivity index (χ0v) is 13.0. The van der Waals surface area contributed by atoms with E-state index < -0.39 is 0 Å². The largest absolute Gasteiger partial charge is 0.419 e. The SMILES string of the molecule is c1ccc(-c2nnc(CN3CCCC3c3cccs3)o2)cc1. The van der Waals surface area contributed by atoms with Gasteiger partial charge in [-0.3, -0.25) is 4.90 Å². The molecule has 5 heteroatoms. The van der Waals surface area contributed by atoms with E-state index in [1.807, 2.05) is 41.7 Å². The Labute approximate surface area is 133 Å². The van der Waals surface area contributed by atoms with Crippen LogP contribution in [-0.4, -0.2) is 21.6 Å². The summed E-state index contributed by atoms with van der Waals surface area (Å²) in [5.41, 5.74) is 0.970. The topological polar surface area (TPSA) is 42.2 Å². The molecule has 0 amide bonds. The van der Waals surface area contributed by atoms with Crippen LogP contribution in [0, 0.1) is 0 Å². The molecule has 112 valence electrons. The lowest BCUT2D eigenvalue weighted by atomic mass is 10.2. The van der Waals surface area contributed by atoms with E-state index in [9.17, 15) is 0 Å². The van der Waals surface area contributed by atoms with E-state index in [0.29, 0.717) is 17.8 Å². The summed E-state index contributed by atoms with van der Waals surface area (Å²) >= 11 is 1.83. The molecule has 3 aromatic rings. The van der Waals surface area contributed by atoms with Gasteiger partial charge < -0.3 is 4.42 Å². The van der Waals surface area contributed by atoms with Gasteiger partial charge in [0, 0.05) is 16.5 Å². The van der Waals surface area contributed by atoms with Crippen molar-refractivity contribution in [2.45, 2.75) is 25.4 Å². The first-order chi connectivity index (χ1) is 10.9. The molecule has 1 atom stereocenters. The standard InChI is InChI=1S/C17H17N3OS/c1-2-6-13(7-3-1)17-19-18-16(21-17)12-20-10-4-8-14(20)15-9-5-11-22-15/h1-3,5-7,9,11,14H,4,8,10,12H2. The summed E-state index contributed by atoms with van der Waals surface area (Å²) in [6.07, 6.45) is 2.43. The van der Waals surface area contributed by atoms with Crippen molar-refractivity contribution >= 4 is 11.3 Å². The second-order valence-electron chi connectivity index (χ2n) is 5.51. The first kappa shape index (κ1) is 13.7. The predicted octanol–water partition coefficient (Wildman–Crippen LogP) is 4.14. The van der Waals surface area contributed by atoms with Gasteiger partial charge in [0.05, 0.1) is 6.54 Å². The molecule has 0 aliphatic carbocycles. The van der Waals surface area contributed by atoms with Crippen LogP contribution in [-0.2, 0) is 6.54 Å². The van der Waals surface area contributed by atoms with Crippen molar-refractivity contribution in [3.63, 3.8) is 0 Å². The highest BCUT2D eigenvalue weighted by Crippen LogP contribution is 2.35. The molecular formula is C17H17N3OS. The summed E-state index contributed by atoms with van der Waals surface area (Å²) < 4.78 is 5.84. The number of nitrogens with zero attached hydrogens (tertiary/aromatic N) is 3. The molecule has 0 N–H and O–H groups in total. The van der Waals surface area contributed by atoms with Gasteiger partial charge in [-0.05, 0) is 43.0 Å². The number of thiophene rings is 1. The molecule has 4 nitrogen and oxygen atoms in total. The number of benzene rings is 1. The van der Waals surface area contributed by atoms with Crippen LogP contribution in [0.25, 0.3) is 11.5 Å². The van der Waals surface area contributed by atoms with E-state index in [-0.39, 0.29) is 0 Å². The minimum Gasteiger partial charge on any atom is -0.419 e. The molecule has 1 aromatic carbocycles. The predicted molar refractivity (Wildman–Crippen MR) is 86.4 cm³/mol. The minimum atomic E-state index is 0.493. The van der Waals surface area contributed by atoms with Crippen LogP contribution in [0.3, 0.4) is 0 Å². The molecule has 4 rings (SSSR count). The van der Waals surface area contributed by atoms with Crippen molar-refractivity contribution in [3.05, 3.63) is 58.6 Å².